The van der Waals surface area contributed by atoms with Gasteiger partial charge >= 0.3 is 0 Å². The molecule has 0 radical (unpaired) electrons. The van der Waals surface area contributed by atoms with Crippen LogP contribution in [0, 0.1) is 17.6 Å². The van der Waals surface area contributed by atoms with E-state index in [1.54, 1.807) is 0 Å². The van der Waals surface area contributed by atoms with Crippen molar-refractivity contribution in [2.24, 2.45) is 5.92 Å². The summed E-state index contributed by atoms with van der Waals surface area (Å²) in [5.74, 6) is -0.614. The van der Waals surface area contributed by atoms with Crippen LogP contribution in [-0.2, 0) is 0 Å². The van der Waals surface area contributed by atoms with Crippen molar-refractivity contribution in [2.75, 3.05) is 0 Å². The lowest BCUT2D eigenvalue weighted by Gasteiger charge is -2.18. The molecule has 1 aliphatic carbocycles. The van der Waals surface area contributed by atoms with Gasteiger partial charge in [-0.1, -0.05) is 12.8 Å². The van der Waals surface area contributed by atoms with Gasteiger partial charge in [-0.2, -0.15) is 0 Å². The van der Waals surface area contributed by atoms with Gasteiger partial charge in [0.15, 0.2) is 0 Å². The van der Waals surface area contributed by atoms with Gasteiger partial charge in [-0.3, -0.25) is 0 Å². The Morgan fingerprint density at radius 3 is 2.44 bits per heavy atom. The van der Waals surface area contributed by atoms with Crippen LogP contribution in [0.5, 0.6) is 0 Å². The van der Waals surface area contributed by atoms with Crippen molar-refractivity contribution < 1.29 is 8.78 Å². The number of hydrogen-bond acceptors (Lipinski definition) is 0. The summed E-state index contributed by atoms with van der Waals surface area (Å²) >= 11 is 9.17. The van der Waals surface area contributed by atoms with Crippen LogP contribution in [0.25, 0.3) is 0 Å². The maximum Gasteiger partial charge on any atom is 0.137 e. The molecule has 0 aromatic heterocycles. The van der Waals surface area contributed by atoms with Gasteiger partial charge < -0.3 is 0 Å². The Kier molecular flexibility index (Phi) is 3.85. The van der Waals surface area contributed by atoms with E-state index in [0.29, 0.717) is 0 Å². The van der Waals surface area contributed by atoms with E-state index in [4.69, 9.17) is 11.6 Å². The van der Waals surface area contributed by atoms with Gasteiger partial charge in [0.2, 0.25) is 0 Å². The molecular weight excluding hydrogens is 297 g/mol. The van der Waals surface area contributed by atoms with Gasteiger partial charge in [0.25, 0.3) is 0 Å². The Morgan fingerprint density at radius 1 is 1.19 bits per heavy atom. The summed E-state index contributed by atoms with van der Waals surface area (Å²) in [7, 11) is 0. The Hall–Kier alpha value is -0.150. The third-order valence-electron chi connectivity index (χ3n) is 3.15. The zero-order valence-electron chi connectivity index (χ0n) is 8.65. The minimum Gasteiger partial charge on any atom is -0.207 e. The number of rotatable bonds is 2. The van der Waals surface area contributed by atoms with E-state index in [-0.39, 0.29) is 16.0 Å². The van der Waals surface area contributed by atoms with Gasteiger partial charge in [-0.05, 0) is 46.8 Å². The van der Waals surface area contributed by atoms with Crippen LogP contribution >= 0.6 is 27.5 Å². The summed E-state index contributed by atoms with van der Waals surface area (Å²) in [5.41, 5.74) is 0.286. The van der Waals surface area contributed by atoms with Crippen LogP contribution in [0.15, 0.2) is 16.6 Å². The molecule has 1 atom stereocenters. The van der Waals surface area contributed by atoms with Crippen LogP contribution in [0.2, 0.25) is 0 Å². The maximum atomic E-state index is 13.7. The lowest BCUT2D eigenvalue weighted by molar-refractivity contribution is 0.499. The average Bonchev–Trinajstić information content (AvgIpc) is 2.75. The second kappa shape index (κ2) is 5.01. The molecule has 4 heteroatoms. The van der Waals surface area contributed by atoms with Gasteiger partial charge in [0, 0.05) is 5.56 Å². The highest BCUT2D eigenvalue weighted by atomic mass is 79.9. The highest BCUT2D eigenvalue weighted by Gasteiger charge is 2.27. The number of alkyl halides is 1. The van der Waals surface area contributed by atoms with E-state index >= 15 is 0 Å². The van der Waals surface area contributed by atoms with Crippen molar-refractivity contribution in [1.82, 2.24) is 0 Å². The average molecular weight is 310 g/mol. The number of halogens is 4. The van der Waals surface area contributed by atoms with E-state index in [2.05, 4.69) is 15.9 Å². The van der Waals surface area contributed by atoms with Crippen LogP contribution < -0.4 is 0 Å². The van der Waals surface area contributed by atoms with Crippen molar-refractivity contribution in [3.05, 3.63) is 33.8 Å². The molecule has 1 aromatic carbocycles. The zero-order valence-corrected chi connectivity index (χ0v) is 11.0. The number of benzene rings is 1. The molecule has 1 unspecified atom stereocenters. The van der Waals surface area contributed by atoms with E-state index in [1.807, 2.05) is 0 Å². The summed E-state index contributed by atoms with van der Waals surface area (Å²) in [5, 5.41) is -0.412. The zero-order chi connectivity index (χ0) is 11.7. The summed E-state index contributed by atoms with van der Waals surface area (Å²) in [6, 6.07) is 2.35. The summed E-state index contributed by atoms with van der Waals surface area (Å²) in [6.45, 7) is 0. The Bertz CT molecular complexity index is 389. The fourth-order valence-corrected chi connectivity index (χ4v) is 2.99. The van der Waals surface area contributed by atoms with Crippen LogP contribution in [0.1, 0.15) is 36.6 Å². The first-order chi connectivity index (χ1) is 7.59. The van der Waals surface area contributed by atoms with Gasteiger partial charge in [0.1, 0.15) is 11.6 Å². The first kappa shape index (κ1) is 12.3. The van der Waals surface area contributed by atoms with E-state index in [0.717, 1.165) is 31.7 Å². The second-order valence-corrected chi connectivity index (χ2v) is 5.56. The van der Waals surface area contributed by atoms with Crippen LogP contribution in [0.4, 0.5) is 8.78 Å². The Morgan fingerprint density at radius 2 is 1.81 bits per heavy atom. The quantitative estimate of drug-likeness (QED) is 0.520. The van der Waals surface area contributed by atoms with Crippen molar-refractivity contribution in [3.8, 4) is 0 Å². The molecule has 0 nitrogen and oxygen atoms in total. The third kappa shape index (κ3) is 2.40. The van der Waals surface area contributed by atoms with Crippen molar-refractivity contribution >= 4 is 27.5 Å². The maximum absolute atomic E-state index is 13.7. The Labute approximate surface area is 107 Å². The van der Waals surface area contributed by atoms with E-state index in [9.17, 15) is 8.78 Å². The van der Waals surface area contributed by atoms with Crippen molar-refractivity contribution in [3.63, 3.8) is 0 Å². The summed E-state index contributed by atoms with van der Waals surface area (Å²) in [6.07, 6.45) is 4.28. The fourth-order valence-electron chi connectivity index (χ4n) is 2.25. The minimum atomic E-state index is -0.458. The molecule has 1 aromatic rings. The molecule has 0 amide bonds. The topological polar surface area (TPSA) is 0 Å². The standard InChI is InChI=1S/C12H12BrClF2/c13-9-6-10(15)8(5-11(9)16)12(14)7-3-1-2-4-7/h5-7,12H,1-4H2. The lowest BCUT2D eigenvalue weighted by Crippen LogP contribution is -2.06. The predicted molar refractivity (Wildman–Crippen MR) is 64.6 cm³/mol. The molecule has 1 saturated carbocycles. The summed E-state index contributed by atoms with van der Waals surface area (Å²) in [4.78, 5) is 0. The molecule has 0 heterocycles. The van der Waals surface area contributed by atoms with E-state index in [1.165, 1.54) is 6.07 Å². The monoisotopic (exact) mass is 308 g/mol. The number of hydrogen-bond donors (Lipinski definition) is 0. The Balaban J connectivity index is 2.28. The molecule has 0 saturated heterocycles. The second-order valence-electron chi connectivity index (χ2n) is 4.23. The highest BCUT2D eigenvalue weighted by molar-refractivity contribution is 9.10. The normalized spacial score (nSPS) is 19.0. The van der Waals surface area contributed by atoms with Gasteiger partial charge in [-0.15, -0.1) is 11.6 Å². The van der Waals surface area contributed by atoms with E-state index < -0.39 is 17.0 Å². The predicted octanol–water partition coefficient (Wildman–Crippen LogP) is 5.20. The first-order valence-corrected chi connectivity index (χ1v) is 6.61. The molecule has 1 fully saturated rings. The van der Waals surface area contributed by atoms with Gasteiger partial charge in [0.05, 0.1) is 9.85 Å². The largest absolute Gasteiger partial charge is 0.207 e. The molecule has 0 N–H and O–H groups in total. The molecular formula is C12H12BrClF2. The lowest BCUT2D eigenvalue weighted by atomic mass is 9.97. The first-order valence-electron chi connectivity index (χ1n) is 5.38. The van der Waals surface area contributed by atoms with Crippen molar-refractivity contribution in [1.29, 1.82) is 0 Å². The highest BCUT2D eigenvalue weighted by Crippen LogP contribution is 2.41. The molecule has 16 heavy (non-hydrogen) atoms. The minimum absolute atomic E-state index is 0.143. The van der Waals surface area contributed by atoms with Crippen LogP contribution in [0.3, 0.4) is 0 Å². The summed E-state index contributed by atoms with van der Waals surface area (Å²) < 4.78 is 27.1. The smallest absolute Gasteiger partial charge is 0.137 e. The third-order valence-corrected chi connectivity index (χ3v) is 4.35. The molecule has 0 aliphatic heterocycles. The van der Waals surface area contributed by atoms with Crippen LogP contribution in [-0.4, -0.2) is 0 Å². The molecule has 2 rings (SSSR count). The van der Waals surface area contributed by atoms with Crippen molar-refractivity contribution in [2.45, 2.75) is 31.1 Å². The molecule has 0 spiro atoms. The molecule has 0 bridgehead atoms. The molecule has 88 valence electrons. The van der Waals surface area contributed by atoms with Gasteiger partial charge in [-0.25, -0.2) is 8.78 Å². The fraction of sp³-hybridized carbons (Fsp3) is 0.500. The molecule has 1 aliphatic rings. The SMILES string of the molecule is Fc1cc(C(Cl)C2CCCC2)c(F)cc1Br.